The van der Waals surface area contributed by atoms with Crippen LogP contribution in [0.4, 0.5) is 17.1 Å². The van der Waals surface area contributed by atoms with E-state index < -0.39 is 0 Å². The summed E-state index contributed by atoms with van der Waals surface area (Å²) in [5, 5.41) is 2.82. The molecule has 1 amide bonds. The number of benzene rings is 2. The van der Waals surface area contributed by atoms with Crippen molar-refractivity contribution >= 4 is 23.0 Å². The van der Waals surface area contributed by atoms with Gasteiger partial charge >= 0.3 is 0 Å². The number of amides is 1. The molecule has 0 heterocycles. The minimum absolute atomic E-state index is 0.186. The van der Waals surface area contributed by atoms with E-state index in [2.05, 4.69) is 5.32 Å². The van der Waals surface area contributed by atoms with Crippen LogP contribution in [0.25, 0.3) is 0 Å². The third kappa shape index (κ3) is 3.45. The van der Waals surface area contributed by atoms with E-state index in [0.29, 0.717) is 22.7 Å². The molecule has 2 rings (SSSR count). The van der Waals surface area contributed by atoms with Crippen LogP contribution >= 0.6 is 0 Å². The van der Waals surface area contributed by atoms with E-state index in [9.17, 15) is 4.79 Å². The van der Waals surface area contributed by atoms with Gasteiger partial charge in [-0.15, -0.1) is 0 Å². The lowest BCUT2D eigenvalue weighted by atomic mass is 10.2. The molecule has 110 valence electrons. The monoisotopic (exact) mass is 285 g/mol. The first kappa shape index (κ1) is 14.7. The number of methoxy groups -OCH3 is 1. The van der Waals surface area contributed by atoms with Crippen molar-refractivity contribution in [3.63, 3.8) is 0 Å². The molecule has 3 N–H and O–H groups in total. The summed E-state index contributed by atoms with van der Waals surface area (Å²) in [4.78, 5) is 14.1. The first-order valence-corrected chi connectivity index (χ1v) is 6.53. The molecular weight excluding hydrogens is 266 g/mol. The standard InChI is InChI=1S/C16H19N3O2/c1-19(2)15-9-6-12(10-14(15)17)18-16(20)11-4-7-13(21-3)8-5-11/h4-10H,17H2,1-3H3,(H,18,20). The van der Waals surface area contributed by atoms with Gasteiger partial charge in [-0.05, 0) is 42.5 Å². The average molecular weight is 285 g/mol. The van der Waals surface area contributed by atoms with Crippen LogP contribution in [-0.2, 0) is 0 Å². The SMILES string of the molecule is COc1ccc(C(=O)Nc2ccc(N(C)C)c(N)c2)cc1. The van der Waals surface area contributed by atoms with E-state index in [0.717, 1.165) is 5.69 Å². The Morgan fingerprint density at radius 1 is 1.14 bits per heavy atom. The number of carbonyl (C=O) groups excluding carboxylic acids is 1. The fourth-order valence-electron chi connectivity index (χ4n) is 1.99. The number of nitrogens with one attached hydrogen (secondary N) is 1. The highest BCUT2D eigenvalue weighted by molar-refractivity contribution is 6.04. The lowest BCUT2D eigenvalue weighted by Gasteiger charge is -2.16. The normalized spacial score (nSPS) is 10.0. The zero-order valence-corrected chi connectivity index (χ0v) is 12.4. The van der Waals surface area contributed by atoms with Gasteiger partial charge in [-0.1, -0.05) is 0 Å². The average Bonchev–Trinajstić information content (AvgIpc) is 2.47. The van der Waals surface area contributed by atoms with E-state index in [-0.39, 0.29) is 5.91 Å². The van der Waals surface area contributed by atoms with Crippen molar-refractivity contribution in [2.75, 3.05) is 37.2 Å². The first-order chi connectivity index (χ1) is 10.0. The topological polar surface area (TPSA) is 67.6 Å². The highest BCUT2D eigenvalue weighted by Crippen LogP contribution is 2.25. The van der Waals surface area contributed by atoms with Gasteiger partial charge in [0.1, 0.15) is 5.75 Å². The van der Waals surface area contributed by atoms with E-state index in [1.54, 1.807) is 37.4 Å². The predicted octanol–water partition coefficient (Wildman–Crippen LogP) is 2.60. The van der Waals surface area contributed by atoms with Gasteiger partial charge in [-0.25, -0.2) is 0 Å². The molecule has 0 saturated carbocycles. The number of carbonyl (C=O) groups is 1. The molecule has 0 aliphatic heterocycles. The highest BCUT2D eigenvalue weighted by Gasteiger charge is 2.08. The van der Waals surface area contributed by atoms with E-state index in [4.69, 9.17) is 10.5 Å². The molecule has 0 saturated heterocycles. The van der Waals surface area contributed by atoms with Crippen molar-refractivity contribution in [3.05, 3.63) is 48.0 Å². The minimum atomic E-state index is -0.186. The Morgan fingerprint density at radius 3 is 2.33 bits per heavy atom. The van der Waals surface area contributed by atoms with Gasteiger partial charge in [-0.3, -0.25) is 4.79 Å². The molecule has 2 aromatic rings. The second kappa shape index (κ2) is 6.17. The Morgan fingerprint density at radius 2 is 1.81 bits per heavy atom. The smallest absolute Gasteiger partial charge is 0.255 e. The van der Waals surface area contributed by atoms with Gasteiger partial charge < -0.3 is 20.7 Å². The molecule has 0 spiro atoms. The molecule has 21 heavy (non-hydrogen) atoms. The fraction of sp³-hybridized carbons (Fsp3) is 0.188. The lowest BCUT2D eigenvalue weighted by molar-refractivity contribution is 0.102. The van der Waals surface area contributed by atoms with Crippen LogP contribution in [0.5, 0.6) is 5.75 Å². The van der Waals surface area contributed by atoms with Crippen molar-refractivity contribution in [1.82, 2.24) is 0 Å². The minimum Gasteiger partial charge on any atom is -0.497 e. The third-order valence-corrected chi connectivity index (χ3v) is 3.12. The second-order valence-electron chi connectivity index (χ2n) is 4.85. The molecule has 0 bridgehead atoms. The number of ether oxygens (including phenoxy) is 1. The molecule has 0 aliphatic carbocycles. The Hall–Kier alpha value is -2.69. The van der Waals surface area contributed by atoms with Crippen molar-refractivity contribution in [1.29, 1.82) is 0 Å². The Kier molecular flexibility index (Phi) is 4.33. The van der Waals surface area contributed by atoms with Gasteiger partial charge in [0.25, 0.3) is 5.91 Å². The predicted molar refractivity (Wildman–Crippen MR) is 86.1 cm³/mol. The van der Waals surface area contributed by atoms with Gasteiger partial charge in [-0.2, -0.15) is 0 Å². The molecule has 0 fully saturated rings. The van der Waals surface area contributed by atoms with Crippen LogP contribution in [0.2, 0.25) is 0 Å². The van der Waals surface area contributed by atoms with Crippen LogP contribution in [0, 0.1) is 0 Å². The van der Waals surface area contributed by atoms with Crippen molar-refractivity contribution < 1.29 is 9.53 Å². The summed E-state index contributed by atoms with van der Waals surface area (Å²) in [6, 6.07) is 12.4. The Bertz CT molecular complexity index is 636. The van der Waals surface area contributed by atoms with E-state index in [1.807, 2.05) is 31.1 Å². The summed E-state index contributed by atoms with van der Waals surface area (Å²) in [7, 11) is 5.42. The highest BCUT2D eigenvalue weighted by atomic mass is 16.5. The van der Waals surface area contributed by atoms with Crippen LogP contribution in [-0.4, -0.2) is 27.1 Å². The van der Waals surface area contributed by atoms with Crippen LogP contribution in [0.1, 0.15) is 10.4 Å². The van der Waals surface area contributed by atoms with Gasteiger partial charge in [0.2, 0.25) is 0 Å². The lowest BCUT2D eigenvalue weighted by Crippen LogP contribution is -2.14. The second-order valence-corrected chi connectivity index (χ2v) is 4.85. The zero-order valence-electron chi connectivity index (χ0n) is 12.4. The maximum absolute atomic E-state index is 12.1. The van der Waals surface area contributed by atoms with Crippen molar-refractivity contribution in [2.45, 2.75) is 0 Å². The molecule has 0 radical (unpaired) electrons. The first-order valence-electron chi connectivity index (χ1n) is 6.53. The summed E-state index contributed by atoms with van der Waals surface area (Å²) < 4.78 is 5.07. The Labute approximate surface area is 124 Å². The molecular formula is C16H19N3O2. The summed E-state index contributed by atoms with van der Waals surface area (Å²) in [6.45, 7) is 0. The number of rotatable bonds is 4. The van der Waals surface area contributed by atoms with Crippen molar-refractivity contribution in [2.24, 2.45) is 0 Å². The quantitative estimate of drug-likeness (QED) is 0.847. The fourth-order valence-corrected chi connectivity index (χ4v) is 1.99. The molecule has 0 unspecified atom stereocenters. The van der Waals surface area contributed by atoms with E-state index in [1.165, 1.54) is 0 Å². The number of hydrogen-bond acceptors (Lipinski definition) is 4. The number of nitrogen functional groups attached to an aromatic ring is 1. The molecule has 0 atom stereocenters. The largest absolute Gasteiger partial charge is 0.497 e. The molecule has 2 aromatic carbocycles. The van der Waals surface area contributed by atoms with Gasteiger partial charge in [0.05, 0.1) is 18.5 Å². The van der Waals surface area contributed by atoms with Crippen LogP contribution < -0.4 is 20.7 Å². The summed E-state index contributed by atoms with van der Waals surface area (Å²) in [5.74, 6) is 0.529. The number of nitrogens with two attached hydrogens (primary N) is 1. The summed E-state index contributed by atoms with van der Waals surface area (Å²) in [6.07, 6.45) is 0. The van der Waals surface area contributed by atoms with Crippen molar-refractivity contribution in [3.8, 4) is 5.75 Å². The van der Waals surface area contributed by atoms with Crippen LogP contribution in [0.15, 0.2) is 42.5 Å². The van der Waals surface area contributed by atoms with Gasteiger partial charge in [0.15, 0.2) is 0 Å². The summed E-state index contributed by atoms with van der Waals surface area (Å²) in [5.41, 5.74) is 8.72. The number of nitrogens with zero attached hydrogens (tertiary/aromatic N) is 1. The molecule has 5 nitrogen and oxygen atoms in total. The number of anilines is 3. The van der Waals surface area contributed by atoms with Crippen LogP contribution in [0.3, 0.4) is 0 Å². The van der Waals surface area contributed by atoms with E-state index >= 15 is 0 Å². The Balaban J connectivity index is 2.13. The summed E-state index contributed by atoms with van der Waals surface area (Å²) >= 11 is 0. The maximum Gasteiger partial charge on any atom is 0.255 e. The van der Waals surface area contributed by atoms with Gasteiger partial charge in [0, 0.05) is 25.3 Å². The maximum atomic E-state index is 12.1. The zero-order chi connectivity index (χ0) is 15.4. The molecule has 0 aliphatic rings. The number of hydrogen-bond donors (Lipinski definition) is 2. The molecule has 0 aromatic heterocycles. The third-order valence-electron chi connectivity index (χ3n) is 3.12. The molecule has 5 heteroatoms.